The Balaban J connectivity index is 2.55. The first-order valence-electron chi connectivity index (χ1n) is 5.07. The maximum absolute atomic E-state index is 11.7. The molecule has 0 bridgehead atoms. The summed E-state index contributed by atoms with van der Waals surface area (Å²) < 4.78 is 16.3. The first kappa shape index (κ1) is 13.1. The lowest BCUT2D eigenvalue weighted by atomic mass is 10.1. The van der Waals surface area contributed by atoms with Crippen LogP contribution in [0.1, 0.15) is 15.9 Å². The van der Waals surface area contributed by atoms with Gasteiger partial charge in [0.2, 0.25) is 0 Å². The van der Waals surface area contributed by atoms with Gasteiger partial charge in [-0.15, -0.1) is 0 Å². The van der Waals surface area contributed by atoms with Crippen molar-refractivity contribution in [3.8, 4) is 0 Å². The van der Waals surface area contributed by atoms with Gasteiger partial charge in [0.05, 0.1) is 12.4 Å². The van der Waals surface area contributed by atoms with Crippen molar-refractivity contribution in [1.29, 1.82) is 0 Å². The van der Waals surface area contributed by atoms with Gasteiger partial charge in [-0.2, -0.15) is 0 Å². The van der Waals surface area contributed by atoms with Gasteiger partial charge in [0.25, 0.3) is 0 Å². The summed E-state index contributed by atoms with van der Waals surface area (Å²) in [6, 6.07) is 7.33. The molecule has 0 heterocycles. The van der Waals surface area contributed by atoms with Gasteiger partial charge >= 0.3 is 0 Å². The van der Waals surface area contributed by atoms with E-state index >= 15 is 0 Å². The van der Waals surface area contributed by atoms with E-state index in [0.717, 1.165) is 5.56 Å². The Labute approximate surface area is 98.3 Å². The fourth-order valence-electron chi connectivity index (χ4n) is 1.30. The van der Waals surface area contributed by atoms with Crippen LogP contribution in [0.2, 0.25) is 0 Å². The SMILES string of the molecule is COCCS(=O)CC(=O)c1cccc(C)c1. The Bertz CT molecular complexity index is 388. The van der Waals surface area contributed by atoms with Crippen LogP contribution in [-0.4, -0.2) is 35.2 Å². The maximum Gasteiger partial charge on any atom is 0.175 e. The zero-order chi connectivity index (χ0) is 12.0. The van der Waals surface area contributed by atoms with Crippen LogP contribution in [0, 0.1) is 6.92 Å². The molecule has 1 rings (SSSR count). The summed E-state index contributed by atoms with van der Waals surface area (Å²) >= 11 is 0. The molecule has 1 unspecified atom stereocenters. The van der Waals surface area contributed by atoms with Crippen LogP contribution in [0.5, 0.6) is 0 Å². The van der Waals surface area contributed by atoms with E-state index in [1.165, 1.54) is 0 Å². The van der Waals surface area contributed by atoms with Crippen molar-refractivity contribution in [1.82, 2.24) is 0 Å². The zero-order valence-corrected chi connectivity index (χ0v) is 10.4. The monoisotopic (exact) mass is 240 g/mol. The summed E-state index contributed by atoms with van der Waals surface area (Å²) in [7, 11) is 0.423. The topological polar surface area (TPSA) is 43.4 Å². The van der Waals surface area contributed by atoms with E-state index in [4.69, 9.17) is 4.74 Å². The highest BCUT2D eigenvalue weighted by Crippen LogP contribution is 2.05. The van der Waals surface area contributed by atoms with E-state index in [1.807, 2.05) is 25.1 Å². The molecule has 1 atom stereocenters. The third-order valence-corrected chi connectivity index (χ3v) is 3.35. The number of carbonyl (C=O) groups is 1. The average Bonchev–Trinajstić information content (AvgIpc) is 2.26. The molecule has 0 amide bonds. The summed E-state index contributed by atoms with van der Waals surface area (Å²) in [4.78, 5) is 11.7. The Kier molecular flexibility index (Phi) is 5.35. The number of rotatable bonds is 6. The van der Waals surface area contributed by atoms with Crippen LogP contribution in [-0.2, 0) is 15.5 Å². The summed E-state index contributed by atoms with van der Waals surface area (Å²) in [5, 5.41) is 0. The fraction of sp³-hybridized carbons (Fsp3) is 0.417. The highest BCUT2D eigenvalue weighted by Gasteiger charge is 2.10. The van der Waals surface area contributed by atoms with Crippen molar-refractivity contribution in [2.24, 2.45) is 0 Å². The van der Waals surface area contributed by atoms with E-state index in [9.17, 15) is 9.00 Å². The van der Waals surface area contributed by atoms with Gasteiger partial charge in [-0.1, -0.05) is 23.8 Å². The van der Waals surface area contributed by atoms with Crippen LogP contribution in [0.3, 0.4) is 0 Å². The third kappa shape index (κ3) is 4.24. The minimum atomic E-state index is -1.13. The molecule has 0 aromatic heterocycles. The molecule has 88 valence electrons. The van der Waals surface area contributed by atoms with Crippen LogP contribution in [0.25, 0.3) is 0 Å². The van der Waals surface area contributed by atoms with Crippen molar-refractivity contribution in [3.63, 3.8) is 0 Å². The minimum absolute atomic E-state index is 0.0712. The van der Waals surface area contributed by atoms with Gasteiger partial charge in [0.1, 0.15) is 0 Å². The second-order valence-corrected chi connectivity index (χ2v) is 5.15. The van der Waals surface area contributed by atoms with E-state index in [0.29, 0.717) is 17.9 Å². The van der Waals surface area contributed by atoms with E-state index in [-0.39, 0.29) is 11.5 Å². The number of benzene rings is 1. The van der Waals surface area contributed by atoms with E-state index < -0.39 is 10.8 Å². The maximum atomic E-state index is 11.7. The molecule has 0 aliphatic carbocycles. The molecule has 0 spiro atoms. The normalized spacial score (nSPS) is 12.4. The molecule has 0 saturated heterocycles. The molecular weight excluding hydrogens is 224 g/mol. The van der Waals surface area contributed by atoms with E-state index in [2.05, 4.69) is 0 Å². The molecule has 1 aromatic carbocycles. The second kappa shape index (κ2) is 6.55. The second-order valence-electron chi connectivity index (χ2n) is 3.57. The Morgan fingerprint density at radius 3 is 2.81 bits per heavy atom. The molecule has 0 aliphatic heterocycles. The number of ether oxygens (including phenoxy) is 1. The molecular formula is C12H16O3S. The largest absolute Gasteiger partial charge is 0.384 e. The van der Waals surface area contributed by atoms with Crippen molar-refractivity contribution < 1.29 is 13.7 Å². The standard InChI is InChI=1S/C12H16O3S/c1-10-4-3-5-11(8-10)12(13)9-16(14)7-6-15-2/h3-5,8H,6-7,9H2,1-2H3. The average molecular weight is 240 g/mol. The first-order valence-corrected chi connectivity index (χ1v) is 6.56. The smallest absolute Gasteiger partial charge is 0.175 e. The lowest BCUT2D eigenvalue weighted by Gasteiger charge is -2.02. The predicted octanol–water partition coefficient (Wildman–Crippen LogP) is 1.57. The van der Waals surface area contributed by atoms with Gasteiger partial charge in [-0.25, -0.2) is 0 Å². The van der Waals surface area contributed by atoms with E-state index in [1.54, 1.807) is 13.2 Å². The molecule has 0 aliphatic rings. The van der Waals surface area contributed by atoms with Crippen LogP contribution >= 0.6 is 0 Å². The van der Waals surface area contributed by atoms with Crippen molar-refractivity contribution >= 4 is 16.6 Å². The highest BCUT2D eigenvalue weighted by molar-refractivity contribution is 7.85. The van der Waals surface area contributed by atoms with Gasteiger partial charge in [0, 0.05) is 29.2 Å². The van der Waals surface area contributed by atoms with Gasteiger partial charge in [-0.3, -0.25) is 9.00 Å². The Morgan fingerprint density at radius 1 is 1.44 bits per heavy atom. The lowest BCUT2D eigenvalue weighted by Crippen LogP contribution is -2.15. The number of Topliss-reactive ketones (excluding diaryl/α,β-unsaturated/α-hetero) is 1. The first-order chi connectivity index (χ1) is 7.63. The van der Waals surface area contributed by atoms with Crippen molar-refractivity contribution in [2.45, 2.75) is 6.92 Å². The molecule has 4 heteroatoms. The highest BCUT2D eigenvalue weighted by atomic mass is 32.2. The molecule has 0 fully saturated rings. The van der Waals surface area contributed by atoms with Crippen molar-refractivity contribution in [2.75, 3.05) is 25.2 Å². The number of ketones is 1. The molecule has 0 radical (unpaired) electrons. The zero-order valence-electron chi connectivity index (χ0n) is 9.56. The van der Waals surface area contributed by atoms with Crippen molar-refractivity contribution in [3.05, 3.63) is 35.4 Å². The summed E-state index contributed by atoms with van der Waals surface area (Å²) in [5.74, 6) is 0.416. The van der Waals surface area contributed by atoms with Crippen LogP contribution < -0.4 is 0 Å². The van der Waals surface area contributed by atoms with Gasteiger partial charge < -0.3 is 4.74 Å². The van der Waals surface area contributed by atoms with Crippen LogP contribution in [0.15, 0.2) is 24.3 Å². The minimum Gasteiger partial charge on any atom is -0.384 e. The quantitative estimate of drug-likeness (QED) is 0.709. The number of hydrogen-bond donors (Lipinski definition) is 0. The number of carbonyl (C=O) groups excluding carboxylic acids is 1. The number of aryl methyl sites for hydroxylation is 1. The van der Waals surface area contributed by atoms with Gasteiger partial charge in [0.15, 0.2) is 5.78 Å². The Hall–Kier alpha value is -1.00. The molecule has 0 N–H and O–H groups in total. The number of methoxy groups -OCH3 is 1. The summed E-state index contributed by atoms with van der Waals surface area (Å²) in [6.07, 6.45) is 0. The molecule has 0 saturated carbocycles. The predicted molar refractivity (Wildman–Crippen MR) is 65.3 cm³/mol. The Morgan fingerprint density at radius 2 is 2.19 bits per heavy atom. The van der Waals surface area contributed by atoms with Crippen LogP contribution in [0.4, 0.5) is 0 Å². The molecule has 1 aromatic rings. The number of hydrogen-bond acceptors (Lipinski definition) is 3. The molecule has 3 nitrogen and oxygen atoms in total. The fourth-order valence-corrected chi connectivity index (χ4v) is 2.25. The van der Waals surface area contributed by atoms with Gasteiger partial charge in [-0.05, 0) is 13.0 Å². The third-order valence-electron chi connectivity index (χ3n) is 2.15. The lowest BCUT2D eigenvalue weighted by molar-refractivity contribution is 0.102. The summed E-state index contributed by atoms with van der Waals surface area (Å²) in [6.45, 7) is 2.35. The molecule has 16 heavy (non-hydrogen) atoms. The summed E-state index contributed by atoms with van der Waals surface area (Å²) in [5.41, 5.74) is 1.67.